The normalized spacial score (nSPS) is 11.5. The molecule has 3 rings (SSSR count). The smallest absolute Gasteiger partial charge is 0.262 e. The minimum Gasteiger partial charge on any atom is -0.280 e. The Morgan fingerprint density at radius 3 is 2.41 bits per heavy atom. The average Bonchev–Trinajstić information content (AvgIpc) is 2.49. The largest absolute Gasteiger partial charge is 0.280 e. The molecule has 0 aliphatic carbocycles. The van der Waals surface area contributed by atoms with Crippen LogP contribution in [0.5, 0.6) is 0 Å². The van der Waals surface area contributed by atoms with E-state index >= 15 is 0 Å². The summed E-state index contributed by atoms with van der Waals surface area (Å²) in [6.07, 6.45) is 3.17. The van der Waals surface area contributed by atoms with E-state index in [0.717, 1.165) is 11.1 Å². The monoisotopic (exact) mass is 313 g/mol. The van der Waals surface area contributed by atoms with Gasteiger partial charge < -0.3 is 0 Å². The molecule has 0 spiro atoms. The van der Waals surface area contributed by atoms with Gasteiger partial charge in [-0.05, 0) is 49.2 Å². The first-order valence-electron chi connectivity index (χ1n) is 6.76. The van der Waals surface area contributed by atoms with E-state index in [4.69, 9.17) is 0 Å². The van der Waals surface area contributed by atoms with Crippen LogP contribution >= 0.6 is 0 Å². The summed E-state index contributed by atoms with van der Waals surface area (Å²) in [5.74, 6) is 0. The zero-order chi connectivity index (χ0) is 15.7. The summed E-state index contributed by atoms with van der Waals surface area (Å²) in [5.41, 5.74) is 3.43. The molecule has 6 heteroatoms. The molecular weight excluding hydrogens is 298 g/mol. The highest BCUT2D eigenvalue weighted by molar-refractivity contribution is 7.92. The van der Waals surface area contributed by atoms with Gasteiger partial charge in [0.2, 0.25) is 0 Å². The number of rotatable bonds is 3. The maximum Gasteiger partial charge on any atom is 0.262 e. The lowest BCUT2D eigenvalue weighted by atomic mass is 10.2. The Bertz CT molecular complexity index is 953. The lowest BCUT2D eigenvalue weighted by Crippen LogP contribution is -2.14. The Hall–Kier alpha value is -2.47. The van der Waals surface area contributed by atoms with Crippen LogP contribution in [0.15, 0.2) is 53.7 Å². The molecule has 1 aromatic heterocycles. The topological polar surface area (TPSA) is 72.0 Å². The number of sulfonamides is 1. The predicted octanol–water partition coefficient (Wildman–Crippen LogP) is 3.05. The summed E-state index contributed by atoms with van der Waals surface area (Å²) in [6, 6.07) is 10.4. The Balaban J connectivity index is 2.01. The van der Waals surface area contributed by atoms with Gasteiger partial charge in [0.15, 0.2) is 0 Å². The lowest BCUT2D eigenvalue weighted by molar-refractivity contribution is 0.600. The fraction of sp³-hybridized carbons (Fsp3) is 0.125. The summed E-state index contributed by atoms with van der Waals surface area (Å²) in [6.45, 7) is 3.64. The van der Waals surface area contributed by atoms with Gasteiger partial charge in [0.25, 0.3) is 10.0 Å². The molecule has 5 nitrogen and oxygen atoms in total. The number of hydrogen-bond donors (Lipinski definition) is 1. The van der Waals surface area contributed by atoms with Crippen molar-refractivity contribution < 1.29 is 8.42 Å². The first-order valence-corrected chi connectivity index (χ1v) is 8.25. The molecule has 2 aromatic carbocycles. The highest BCUT2D eigenvalue weighted by atomic mass is 32.2. The standard InChI is InChI=1S/C16H15N3O2S/c1-11-3-4-12(2)16(9-11)22(20,21)19-13-5-6-14-15(10-13)18-8-7-17-14/h3-10,19H,1-2H3. The van der Waals surface area contributed by atoms with Crippen LogP contribution in [0.3, 0.4) is 0 Å². The number of fused-ring (bicyclic) bond motifs is 1. The SMILES string of the molecule is Cc1ccc(C)c(S(=O)(=O)Nc2ccc3nccnc3c2)c1. The van der Waals surface area contributed by atoms with Crippen molar-refractivity contribution in [1.82, 2.24) is 9.97 Å². The van der Waals surface area contributed by atoms with Crippen molar-refractivity contribution >= 4 is 26.7 Å². The quantitative estimate of drug-likeness (QED) is 0.806. The number of nitrogens with one attached hydrogen (secondary N) is 1. The number of benzene rings is 2. The number of aryl methyl sites for hydroxylation is 2. The summed E-state index contributed by atoms with van der Waals surface area (Å²) >= 11 is 0. The highest BCUT2D eigenvalue weighted by Gasteiger charge is 2.17. The van der Waals surface area contributed by atoms with Gasteiger partial charge >= 0.3 is 0 Å². The molecule has 0 fully saturated rings. The van der Waals surface area contributed by atoms with Crippen LogP contribution in [0.4, 0.5) is 5.69 Å². The van der Waals surface area contributed by atoms with Gasteiger partial charge in [-0.1, -0.05) is 12.1 Å². The molecule has 0 saturated heterocycles. The van der Waals surface area contributed by atoms with Crippen LogP contribution in [0.2, 0.25) is 0 Å². The second-order valence-corrected chi connectivity index (χ2v) is 6.79. The maximum atomic E-state index is 12.6. The van der Waals surface area contributed by atoms with E-state index < -0.39 is 10.0 Å². The van der Waals surface area contributed by atoms with Gasteiger partial charge in [-0.25, -0.2) is 8.42 Å². The van der Waals surface area contributed by atoms with E-state index in [1.165, 1.54) is 0 Å². The molecule has 0 bridgehead atoms. The second kappa shape index (κ2) is 5.38. The molecule has 112 valence electrons. The Kier molecular flexibility index (Phi) is 3.54. The van der Waals surface area contributed by atoms with Gasteiger partial charge in [0.1, 0.15) is 0 Å². The predicted molar refractivity (Wildman–Crippen MR) is 86.3 cm³/mol. The third-order valence-electron chi connectivity index (χ3n) is 3.35. The minimum absolute atomic E-state index is 0.284. The second-order valence-electron chi connectivity index (χ2n) is 5.13. The van der Waals surface area contributed by atoms with Gasteiger partial charge in [0, 0.05) is 12.4 Å². The van der Waals surface area contributed by atoms with Gasteiger partial charge in [-0.15, -0.1) is 0 Å². The summed E-state index contributed by atoms with van der Waals surface area (Å²) < 4.78 is 27.7. The number of anilines is 1. The van der Waals surface area contributed by atoms with Crippen molar-refractivity contribution in [3.05, 3.63) is 59.9 Å². The Morgan fingerprint density at radius 2 is 1.64 bits per heavy atom. The van der Waals surface area contributed by atoms with Crippen LogP contribution in [0.1, 0.15) is 11.1 Å². The van der Waals surface area contributed by atoms with Crippen molar-refractivity contribution in [2.24, 2.45) is 0 Å². The fourth-order valence-corrected chi connectivity index (χ4v) is 3.61. The number of aromatic nitrogens is 2. The van der Waals surface area contributed by atoms with Crippen molar-refractivity contribution in [3.8, 4) is 0 Å². The Morgan fingerprint density at radius 1 is 0.909 bits per heavy atom. The molecule has 0 amide bonds. The van der Waals surface area contributed by atoms with Crippen molar-refractivity contribution in [1.29, 1.82) is 0 Å². The van der Waals surface area contributed by atoms with E-state index in [0.29, 0.717) is 16.8 Å². The van der Waals surface area contributed by atoms with E-state index in [9.17, 15) is 8.42 Å². The molecule has 0 atom stereocenters. The van der Waals surface area contributed by atoms with Gasteiger partial charge in [-0.2, -0.15) is 0 Å². The first-order chi connectivity index (χ1) is 10.5. The van der Waals surface area contributed by atoms with Gasteiger partial charge in [0.05, 0.1) is 21.6 Å². The zero-order valence-electron chi connectivity index (χ0n) is 12.2. The van der Waals surface area contributed by atoms with E-state index in [1.54, 1.807) is 49.6 Å². The summed E-state index contributed by atoms with van der Waals surface area (Å²) in [7, 11) is -3.63. The van der Waals surface area contributed by atoms with E-state index in [1.807, 2.05) is 13.0 Å². The third-order valence-corrected chi connectivity index (χ3v) is 4.88. The van der Waals surface area contributed by atoms with Crippen molar-refractivity contribution in [2.75, 3.05) is 4.72 Å². The summed E-state index contributed by atoms with van der Waals surface area (Å²) in [5, 5.41) is 0. The third kappa shape index (κ3) is 2.78. The molecule has 0 saturated carbocycles. The zero-order valence-corrected chi connectivity index (χ0v) is 13.1. The van der Waals surface area contributed by atoms with Crippen LogP contribution in [-0.2, 0) is 10.0 Å². The number of hydrogen-bond acceptors (Lipinski definition) is 4. The molecule has 22 heavy (non-hydrogen) atoms. The fourth-order valence-electron chi connectivity index (χ4n) is 2.23. The number of nitrogens with zero attached hydrogens (tertiary/aromatic N) is 2. The van der Waals surface area contributed by atoms with Crippen molar-refractivity contribution in [2.45, 2.75) is 18.7 Å². The van der Waals surface area contributed by atoms with Crippen LogP contribution < -0.4 is 4.72 Å². The highest BCUT2D eigenvalue weighted by Crippen LogP contribution is 2.22. The van der Waals surface area contributed by atoms with Crippen LogP contribution in [0, 0.1) is 13.8 Å². The first kappa shape index (κ1) is 14.5. The molecule has 0 unspecified atom stereocenters. The van der Waals surface area contributed by atoms with Crippen LogP contribution in [0.25, 0.3) is 11.0 Å². The molecule has 1 N–H and O–H groups in total. The van der Waals surface area contributed by atoms with E-state index in [-0.39, 0.29) is 4.90 Å². The van der Waals surface area contributed by atoms with E-state index in [2.05, 4.69) is 14.7 Å². The van der Waals surface area contributed by atoms with Crippen molar-refractivity contribution in [3.63, 3.8) is 0 Å². The molecule has 0 aliphatic rings. The maximum absolute atomic E-state index is 12.6. The Labute approximate surface area is 129 Å². The molecule has 1 heterocycles. The lowest BCUT2D eigenvalue weighted by Gasteiger charge is -2.11. The molecule has 0 aliphatic heterocycles. The molecule has 0 radical (unpaired) electrons. The van der Waals surface area contributed by atoms with Gasteiger partial charge in [-0.3, -0.25) is 14.7 Å². The summed E-state index contributed by atoms with van der Waals surface area (Å²) in [4.78, 5) is 8.63. The average molecular weight is 313 g/mol. The van der Waals surface area contributed by atoms with Crippen LogP contribution in [-0.4, -0.2) is 18.4 Å². The minimum atomic E-state index is -3.63. The molecular formula is C16H15N3O2S. The molecule has 3 aromatic rings.